The number of rotatable bonds is 5. The van der Waals surface area contributed by atoms with Crippen LogP contribution >= 0.6 is 0 Å². The molecular formula is C14H16F2N2O3S. The predicted molar refractivity (Wildman–Crippen MR) is 77.5 cm³/mol. The normalized spacial score (nSPS) is 27.8. The lowest BCUT2D eigenvalue weighted by atomic mass is 10.2. The zero-order chi connectivity index (χ0) is 15.5. The van der Waals surface area contributed by atoms with Gasteiger partial charge in [-0.25, -0.2) is 17.4 Å². The molecule has 0 spiro atoms. The van der Waals surface area contributed by atoms with Gasteiger partial charge in [-0.2, -0.15) is 8.42 Å². The van der Waals surface area contributed by atoms with Crippen molar-refractivity contribution < 1.29 is 21.9 Å². The lowest BCUT2D eigenvalue weighted by molar-refractivity contribution is 0.0163. The van der Waals surface area contributed by atoms with Crippen LogP contribution in [-0.2, 0) is 14.9 Å². The molecule has 8 heteroatoms. The molecule has 1 aromatic rings. The van der Waals surface area contributed by atoms with Gasteiger partial charge in [-0.05, 0) is 25.0 Å². The molecule has 5 nitrogen and oxygen atoms in total. The second-order valence-corrected chi connectivity index (χ2v) is 7.65. The van der Waals surface area contributed by atoms with Gasteiger partial charge in [0.2, 0.25) is 0 Å². The van der Waals surface area contributed by atoms with E-state index in [-0.39, 0.29) is 25.6 Å². The van der Waals surface area contributed by atoms with Gasteiger partial charge in [0, 0.05) is 12.5 Å². The molecule has 1 atom stereocenters. The maximum absolute atomic E-state index is 12.8. The average Bonchev–Trinajstić information content (AvgIpc) is 3.34. The van der Waals surface area contributed by atoms with Crippen LogP contribution < -0.4 is 8.61 Å². The van der Waals surface area contributed by atoms with Crippen LogP contribution in [0.5, 0.6) is 0 Å². The Morgan fingerprint density at radius 3 is 2.45 bits per heavy atom. The smallest absolute Gasteiger partial charge is 0.326 e. The summed E-state index contributed by atoms with van der Waals surface area (Å²) in [4.78, 5) is 0. The predicted octanol–water partition coefficient (Wildman–Crippen LogP) is 2.14. The standard InChI is InChI=1S/C14H16F2N2O3S/c15-14(16)9-13(14)21-8-7-17-11-3-1-2-4-12(11)18(10-5-6-10)22(17,19)20/h1-4,10,13H,5-9H2. The van der Waals surface area contributed by atoms with Crippen molar-refractivity contribution >= 4 is 21.6 Å². The molecule has 1 heterocycles. The number of hydrogen-bond acceptors (Lipinski definition) is 3. The van der Waals surface area contributed by atoms with Gasteiger partial charge in [0.1, 0.15) is 6.10 Å². The number of benzene rings is 1. The molecule has 0 bridgehead atoms. The number of hydrogen-bond donors (Lipinski definition) is 0. The van der Waals surface area contributed by atoms with E-state index in [1.165, 1.54) is 8.61 Å². The Kier molecular flexibility index (Phi) is 2.93. The number of alkyl halides is 2. The van der Waals surface area contributed by atoms with E-state index in [1.54, 1.807) is 24.3 Å². The number of halogens is 2. The van der Waals surface area contributed by atoms with E-state index in [9.17, 15) is 17.2 Å². The van der Waals surface area contributed by atoms with Crippen molar-refractivity contribution in [3.63, 3.8) is 0 Å². The molecule has 3 aliphatic rings. The van der Waals surface area contributed by atoms with E-state index in [1.807, 2.05) is 0 Å². The van der Waals surface area contributed by atoms with Crippen molar-refractivity contribution in [2.75, 3.05) is 21.8 Å². The molecule has 0 radical (unpaired) electrons. The Morgan fingerprint density at radius 2 is 1.86 bits per heavy atom. The molecule has 2 aliphatic carbocycles. The van der Waals surface area contributed by atoms with Crippen LogP contribution in [0.4, 0.5) is 20.2 Å². The quantitative estimate of drug-likeness (QED) is 0.831. The first kappa shape index (κ1) is 14.2. The summed E-state index contributed by atoms with van der Waals surface area (Å²) in [5, 5.41) is 0. The van der Waals surface area contributed by atoms with Gasteiger partial charge in [-0.3, -0.25) is 0 Å². The van der Waals surface area contributed by atoms with Gasteiger partial charge in [0.05, 0.1) is 24.5 Å². The Labute approximate surface area is 127 Å². The zero-order valence-corrected chi connectivity index (χ0v) is 12.6. The molecule has 0 amide bonds. The third-order valence-electron chi connectivity index (χ3n) is 4.18. The van der Waals surface area contributed by atoms with Crippen molar-refractivity contribution in [3.05, 3.63) is 24.3 Å². The van der Waals surface area contributed by atoms with E-state index in [4.69, 9.17) is 4.74 Å². The van der Waals surface area contributed by atoms with Crippen LogP contribution in [0.25, 0.3) is 0 Å². The summed E-state index contributed by atoms with van der Waals surface area (Å²) in [6, 6.07) is 7.11. The molecule has 22 heavy (non-hydrogen) atoms. The van der Waals surface area contributed by atoms with Gasteiger partial charge in [0.25, 0.3) is 5.92 Å². The Balaban J connectivity index is 1.53. The first-order valence-corrected chi connectivity index (χ1v) is 8.71. The number of nitrogens with zero attached hydrogens (tertiary/aromatic N) is 2. The third-order valence-corrected chi connectivity index (χ3v) is 6.10. The summed E-state index contributed by atoms with van der Waals surface area (Å²) in [5.41, 5.74) is 1.27. The minimum Gasteiger partial charge on any atom is -0.370 e. The minimum absolute atomic E-state index is 0.0184. The highest BCUT2D eigenvalue weighted by molar-refractivity contribution is 7.94. The molecule has 120 valence electrons. The molecular weight excluding hydrogens is 314 g/mol. The fourth-order valence-electron chi connectivity index (χ4n) is 2.79. The Bertz CT molecular complexity index is 706. The van der Waals surface area contributed by atoms with E-state index in [2.05, 4.69) is 0 Å². The highest BCUT2D eigenvalue weighted by atomic mass is 32.2. The van der Waals surface area contributed by atoms with E-state index >= 15 is 0 Å². The molecule has 0 aromatic heterocycles. The SMILES string of the molecule is O=S1(=O)N(CCOC2CC2(F)F)c2ccccc2N1C1CC1. The second kappa shape index (κ2) is 4.55. The third kappa shape index (κ3) is 2.16. The molecule has 1 aliphatic heterocycles. The summed E-state index contributed by atoms with van der Waals surface area (Å²) < 4.78 is 58.8. The maximum atomic E-state index is 12.8. The van der Waals surface area contributed by atoms with Crippen LogP contribution in [0.1, 0.15) is 19.3 Å². The van der Waals surface area contributed by atoms with E-state index in [0.29, 0.717) is 11.4 Å². The van der Waals surface area contributed by atoms with Crippen molar-refractivity contribution in [2.24, 2.45) is 0 Å². The zero-order valence-electron chi connectivity index (χ0n) is 11.8. The molecule has 2 saturated carbocycles. The lowest BCUT2D eigenvalue weighted by Crippen LogP contribution is -2.40. The van der Waals surface area contributed by atoms with E-state index in [0.717, 1.165) is 12.8 Å². The van der Waals surface area contributed by atoms with Crippen LogP contribution in [-0.4, -0.2) is 39.6 Å². The van der Waals surface area contributed by atoms with Gasteiger partial charge in [0.15, 0.2) is 0 Å². The highest BCUT2D eigenvalue weighted by Crippen LogP contribution is 2.47. The summed E-state index contributed by atoms with van der Waals surface area (Å²) in [6.07, 6.45) is 0.371. The van der Waals surface area contributed by atoms with Crippen molar-refractivity contribution in [3.8, 4) is 0 Å². The molecule has 0 saturated heterocycles. The van der Waals surface area contributed by atoms with Crippen LogP contribution in [0.15, 0.2) is 24.3 Å². The number of anilines is 2. The first-order valence-electron chi connectivity index (χ1n) is 7.32. The lowest BCUT2D eigenvalue weighted by Gasteiger charge is -2.21. The molecule has 1 unspecified atom stereocenters. The highest BCUT2D eigenvalue weighted by Gasteiger charge is 2.58. The van der Waals surface area contributed by atoms with Gasteiger partial charge in [-0.15, -0.1) is 0 Å². The Morgan fingerprint density at radius 1 is 1.23 bits per heavy atom. The summed E-state index contributed by atoms with van der Waals surface area (Å²) >= 11 is 0. The van der Waals surface area contributed by atoms with Crippen molar-refractivity contribution in [1.29, 1.82) is 0 Å². The van der Waals surface area contributed by atoms with Crippen LogP contribution in [0.3, 0.4) is 0 Å². The summed E-state index contributed by atoms with van der Waals surface area (Å²) in [5.74, 6) is -2.75. The number of fused-ring (bicyclic) bond motifs is 1. The number of ether oxygens (including phenoxy) is 1. The molecule has 2 fully saturated rings. The van der Waals surface area contributed by atoms with Crippen molar-refractivity contribution in [1.82, 2.24) is 0 Å². The fourth-order valence-corrected chi connectivity index (χ4v) is 4.70. The fraction of sp³-hybridized carbons (Fsp3) is 0.571. The largest absolute Gasteiger partial charge is 0.370 e. The minimum atomic E-state index is -3.63. The number of para-hydroxylation sites is 2. The van der Waals surface area contributed by atoms with Crippen LogP contribution in [0.2, 0.25) is 0 Å². The average molecular weight is 330 g/mol. The first-order chi connectivity index (χ1) is 10.4. The second-order valence-electron chi connectivity index (χ2n) is 5.92. The van der Waals surface area contributed by atoms with Gasteiger partial charge < -0.3 is 4.74 Å². The van der Waals surface area contributed by atoms with Crippen LogP contribution in [0, 0.1) is 0 Å². The van der Waals surface area contributed by atoms with Crippen molar-refractivity contribution in [2.45, 2.75) is 37.3 Å². The summed E-state index contributed by atoms with van der Waals surface area (Å²) in [6.45, 7) is 0.0154. The summed E-state index contributed by atoms with van der Waals surface area (Å²) in [7, 11) is -3.63. The topological polar surface area (TPSA) is 49.9 Å². The molecule has 1 aromatic carbocycles. The Hall–Kier alpha value is -1.41. The molecule has 4 rings (SSSR count). The van der Waals surface area contributed by atoms with Gasteiger partial charge >= 0.3 is 10.2 Å². The maximum Gasteiger partial charge on any atom is 0.326 e. The van der Waals surface area contributed by atoms with E-state index < -0.39 is 22.2 Å². The molecule has 0 N–H and O–H groups in total. The van der Waals surface area contributed by atoms with Gasteiger partial charge in [-0.1, -0.05) is 12.1 Å². The monoisotopic (exact) mass is 330 g/mol.